The molecule has 37 heavy (non-hydrogen) atoms. The number of amides is 5. The molecule has 3 atom stereocenters. The van der Waals surface area contributed by atoms with Crippen molar-refractivity contribution in [1.29, 1.82) is 0 Å². The standard InChI is InChI=1S/C24H41N5O8/c1-16(2)14-18-17(22(32)28-35)6-5-11-37-24(34)25-8-4-3-7-19(27-21(18)31)23(33)26-15-20(30)29-9-12-36-13-10-29/h16-19,35H,3-15H2,1-2H3,(H,25,34)(H,26,33)(H,27,31)(H,28,32). The van der Waals surface area contributed by atoms with Crippen LogP contribution in [0.4, 0.5) is 4.79 Å². The number of carbonyl (C=O) groups excluding carboxylic acids is 5. The van der Waals surface area contributed by atoms with E-state index < -0.39 is 41.7 Å². The quantitative estimate of drug-likeness (QED) is 0.235. The summed E-state index contributed by atoms with van der Waals surface area (Å²) in [6, 6.07) is -0.936. The molecular formula is C24H41N5O8. The fourth-order valence-corrected chi connectivity index (χ4v) is 4.50. The maximum Gasteiger partial charge on any atom is 0.407 e. The Labute approximate surface area is 217 Å². The molecule has 0 bridgehead atoms. The zero-order valence-electron chi connectivity index (χ0n) is 21.8. The largest absolute Gasteiger partial charge is 0.450 e. The van der Waals surface area contributed by atoms with E-state index in [1.54, 1.807) is 10.4 Å². The third-order valence-electron chi connectivity index (χ3n) is 6.49. The molecule has 0 radical (unpaired) electrons. The van der Waals surface area contributed by atoms with Crippen LogP contribution >= 0.6 is 0 Å². The van der Waals surface area contributed by atoms with Gasteiger partial charge in [-0.05, 0) is 44.4 Å². The van der Waals surface area contributed by atoms with Crippen LogP contribution in [0.1, 0.15) is 52.4 Å². The van der Waals surface area contributed by atoms with Crippen molar-refractivity contribution in [2.45, 2.75) is 58.4 Å². The lowest BCUT2D eigenvalue weighted by Gasteiger charge is -2.29. The lowest BCUT2D eigenvalue weighted by atomic mass is 9.81. The first-order valence-corrected chi connectivity index (χ1v) is 13.0. The zero-order valence-corrected chi connectivity index (χ0v) is 21.8. The highest BCUT2D eigenvalue weighted by Gasteiger charge is 2.36. The molecule has 0 aliphatic carbocycles. The maximum absolute atomic E-state index is 13.4. The summed E-state index contributed by atoms with van der Waals surface area (Å²) in [7, 11) is 0. The first-order chi connectivity index (χ1) is 17.7. The van der Waals surface area contributed by atoms with Crippen LogP contribution in [-0.2, 0) is 28.7 Å². The van der Waals surface area contributed by atoms with Crippen LogP contribution in [-0.4, -0.2) is 91.9 Å². The molecule has 0 aromatic carbocycles. The van der Waals surface area contributed by atoms with E-state index in [2.05, 4.69) is 16.0 Å². The number of hydrogen-bond donors (Lipinski definition) is 5. The number of morpholine rings is 1. The van der Waals surface area contributed by atoms with Gasteiger partial charge in [-0.3, -0.25) is 24.4 Å². The lowest BCUT2D eigenvalue weighted by molar-refractivity contribution is -0.142. The van der Waals surface area contributed by atoms with Crippen LogP contribution in [0.2, 0.25) is 0 Å². The van der Waals surface area contributed by atoms with Crippen LogP contribution in [0.25, 0.3) is 0 Å². The van der Waals surface area contributed by atoms with Gasteiger partial charge in [0.15, 0.2) is 0 Å². The van der Waals surface area contributed by atoms with Crippen molar-refractivity contribution in [2.75, 3.05) is 46.0 Å². The molecule has 2 aliphatic heterocycles. The molecule has 0 aromatic heterocycles. The van der Waals surface area contributed by atoms with Gasteiger partial charge in [0.05, 0.1) is 32.3 Å². The highest BCUT2D eigenvalue weighted by atomic mass is 16.5. The van der Waals surface area contributed by atoms with Gasteiger partial charge < -0.3 is 30.3 Å². The van der Waals surface area contributed by atoms with Crippen LogP contribution in [0, 0.1) is 17.8 Å². The zero-order chi connectivity index (χ0) is 27.2. The number of rotatable bonds is 6. The number of nitrogens with zero attached hydrogens (tertiary/aromatic N) is 1. The summed E-state index contributed by atoms with van der Waals surface area (Å²) in [6.45, 7) is 5.80. The van der Waals surface area contributed by atoms with Crippen molar-refractivity contribution in [2.24, 2.45) is 17.8 Å². The Hall–Kier alpha value is -2.93. The molecule has 3 unspecified atom stereocenters. The van der Waals surface area contributed by atoms with E-state index in [-0.39, 0.29) is 37.8 Å². The fourth-order valence-electron chi connectivity index (χ4n) is 4.50. The topological polar surface area (TPSA) is 175 Å². The van der Waals surface area contributed by atoms with Crippen LogP contribution in [0.5, 0.6) is 0 Å². The van der Waals surface area contributed by atoms with Crippen LogP contribution in [0.3, 0.4) is 0 Å². The van der Waals surface area contributed by atoms with Crippen molar-refractivity contribution < 1.29 is 38.7 Å². The molecule has 13 nitrogen and oxygen atoms in total. The molecule has 0 spiro atoms. The second kappa shape index (κ2) is 16.0. The predicted octanol–water partition coefficient (Wildman–Crippen LogP) is -0.0796. The van der Waals surface area contributed by atoms with Gasteiger partial charge in [-0.1, -0.05) is 13.8 Å². The molecular weight excluding hydrogens is 486 g/mol. The number of ether oxygens (including phenoxy) is 2. The lowest BCUT2D eigenvalue weighted by Crippen LogP contribution is -2.53. The maximum atomic E-state index is 13.4. The molecule has 5 N–H and O–H groups in total. The first kappa shape index (κ1) is 30.3. The number of nitrogens with one attached hydrogen (secondary N) is 4. The van der Waals surface area contributed by atoms with Gasteiger partial charge in [-0.15, -0.1) is 0 Å². The SMILES string of the molecule is CC(C)CC1C(=O)NC(C(=O)NCC(=O)N2CCOCC2)CCCCNC(=O)OCCCC1C(=O)NO. The van der Waals surface area contributed by atoms with E-state index in [9.17, 15) is 29.2 Å². The van der Waals surface area contributed by atoms with Gasteiger partial charge in [0.1, 0.15) is 6.04 Å². The summed E-state index contributed by atoms with van der Waals surface area (Å²) in [5, 5.41) is 17.4. The molecule has 2 aliphatic rings. The van der Waals surface area contributed by atoms with Crippen LogP contribution in [0.15, 0.2) is 0 Å². The fraction of sp³-hybridized carbons (Fsp3) is 0.792. The average Bonchev–Trinajstić information content (AvgIpc) is 2.89. The third kappa shape index (κ3) is 10.5. The average molecular weight is 528 g/mol. The molecule has 2 heterocycles. The molecule has 2 rings (SSSR count). The molecule has 13 heteroatoms. The number of cyclic esters (lactones) is 1. The molecule has 210 valence electrons. The Bertz CT molecular complexity index is 787. The van der Waals surface area contributed by atoms with E-state index >= 15 is 0 Å². The van der Waals surface area contributed by atoms with Gasteiger partial charge in [-0.25, -0.2) is 10.3 Å². The second-order valence-electron chi connectivity index (χ2n) is 9.79. The summed E-state index contributed by atoms with van der Waals surface area (Å²) in [4.78, 5) is 64.9. The summed E-state index contributed by atoms with van der Waals surface area (Å²) < 4.78 is 10.4. The minimum absolute atomic E-state index is 0.0484. The molecule has 2 saturated heterocycles. The Morgan fingerprint density at radius 3 is 2.46 bits per heavy atom. The van der Waals surface area contributed by atoms with E-state index in [1.807, 2.05) is 13.8 Å². The minimum atomic E-state index is -0.936. The molecule has 0 aromatic rings. The number of carbonyl (C=O) groups is 5. The first-order valence-electron chi connectivity index (χ1n) is 13.0. The van der Waals surface area contributed by atoms with E-state index in [1.165, 1.54) is 0 Å². The Morgan fingerprint density at radius 1 is 1.05 bits per heavy atom. The summed E-state index contributed by atoms with van der Waals surface area (Å²) in [5.74, 6) is -3.60. The summed E-state index contributed by atoms with van der Waals surface area (Å²) in [5.41, 5.74) is 1.64. The van der Waals surface area contributed by atoms with Gasteiger partial charge in [-0.2, -0.15) is 0 Å². The number of hydrogen-bond acceptors (Lipinski definition) is 8. The highest BCUT2D eigenvalue weighted by Crippen LogP contribution is 2.26. The van der Waals surface area contributed by atoms with Crippen molar-refractivity contribution in [3.05, 3.63) is 0 Å². The van der Waals surface area contributed by atoms with Gasteiger partial charge in [0.25, 0.3) is 0 Å². The summed E-state index contributed by atoms with van der Waals surface area (Å²) >= 11 is 0. The van der Waals surface area contributed by atoms with Gasteiger partial charge in [0, 0.05) is 25.6 Å². The Kier molecular flexibility index (Phi) is 13.1. The monoisotopic (exact) mass is 527 g/mol. The summed E-state index contributed by atoms with van der Waals surface area (Å²) in [6.07, 6.45) is 1.58. The highest BCUT2D eigenvalue weighted by molar-refractivity contribution is 5.92. The van der Waals surface area contributed by atoms with Gasteiger partial charge in [0.2, 0.25) is 23.6 Å². The Balaban J connectivity index is 2.17. The van der Waals surface area contributed by atoms with Crippen molar-refractivity contribution in [1.82, 2.24) is 26.3 Å². The number of hydroxylamine groups is 1. The predicted molar refractivity (Wildman–Crippen MR) is 131 cm³/mol. The van der Waals surface area contributed by atoms with E-state index in [0.29, 0.717) is 58.5 Å². The van der Waals surface area contributed by atoms with Crippen molar-refractivity contribution in [3.63, 3.8) is 0 Å². The minimum Gasteiger partial charge on any atom is -0.450 e. The third-order valence-corrected chi connectivity index (χ3v) is 6.49. The van der Waals surface area contributed by atoms with E-state index in [0.717, 1.165) is 0 Å². The molecule has 5 amide bonds. The van der Waals surface area contributed by atoms with E-state index in [4.69, 9.17) is 9.47 Å². The van der Waals surface area contributed by atoms with Crippen molar-refractivity contribution >= 4 is 29.7 Å². The van der Waals surface area contributed by atoms with Crippen LogP contribution < -0.4 is 21.4 Å². The second-order valence-corrected chi connectivity index (χ2v) is 9.79. The number of alkyl carbamates (subject to hydrolysis) is 1. The van der Waals surface area contributed by atoms with Crippen molar-refractivity contribution in [3.8, 4) is 0 Å². The Morgan fingerprint density at radius 2 is 1.78 bits per heavy atom. The molecule has 0 saturated carbocycles. The smallest absolute Gasteiger partial charge is 0.407 e. The molecule has 2 fully saturated rings. The van der Waals surface area contributed by atoms with Gasteiger partial charge >= 0.3 is 6.09 Å². The normalized spacial score (nSPS) is 24.5.